The summed E-state index contributed by atoms with van der Waals surface area (Å²) in [7, 11) is 0. The van der Waals surface area contributed by atoms with E-state index < -0.39 is 58.7 Å². The van der Waals surface area contributed by atoms with Crippen LogP contribution in [-0.2, 0) is 28.7 Å². The number of ketones is 2. The highest BCUT2D eigenvalue weighted by Gasteiger charge is 2.68. The van der Waals surface area contributed by atoms with E-state index in [1.165, 1.54) is 0 Å². The van der Waals surface area contributed by atoms with Gasteiger partial charge in [0.1, 0.15) is 5.60 Å². The molecule has 0 bridgehead atoms. The van der Waals surface area contributed by atoms with E-state index in [-0.39, 0.29) is 62.2 Å². The summed E-state index contributed by atoms with van der Waals surface area (Å²) in [6, 6.07) is 8.99. The molecule has 5 rings (SSSR count). The Kier molecular flexibility index (Phi) is 9.20. The quantitative estimate of drug-likeness (QED) is 0.271. The number of aliphatic carboxylic acids is 1. The first-order chi connectivity index (χ1) is 21.3. The molecule has 3 saturated carbocycles. The van der Waals surface area contributed by atoms with Gasteiger partial charge in [-0.1, -0.05) is 55.8 Å². The van der Waals surface area contributed by atoms with Crippen molar-refractivity contribution < 1.29 is 44.0 Å². The molecule has 0 heterocycles. The summed E-state index contributed by atoms with van der Waals surface area (Å²) < 4.78 is 5.22. The average molecular weight is 622 g/mol. The number of rotatable bonds is 11. The van der Waals surface area contributed by atoms with Crippen LogP contribution in [-0.4, -0.2) is 69.6 Å². The van der Waals surface area contributed by atoms with Crippen LogP contribution in [0.2, 0.25) is 0 Å². The van der Waals surface area contributed by atoms with Gasteiger partial charge in [-0.2, -0.15) is 0 Å². The lowest BCUT2D eigenvalue weighted by Crippen LogP contribution is -2.61. The van der Waals surface area contributed by atoms with Gasteiger partial charge in [0.2, 0.25) is 11.7 Å². The Labute approximate surface area is 262 Å². The molecule has 0 radical (unpaired) electrons. The zero-order valence-electron chi connectivity index (χ0n) is 25.9. The van der Waals surface area contributed by atoms with Crippen molar-refractivity contribution in [3.63, 3.8) is 0 Å². The van der Waals surface area contributed by atoms with E-state index in [1.54, 1.807) is 36.4 Å². The number of aliphatic hydroxyl groups is 2. The fourth-order valence-corrected chi connectivity index (χ4v) is 8.91. The molecule has 8 atom stereocenters. The van der Waals surface area contributed by atoms with Crippen LogP contribution in [0, 0.1) is 28.6 Å². The van der Waals surface area contributed by atoms with Crippen molar-refractivity contribution in [2.24, 2.45) is 28.6 Å². The van der Waals surface area contributed by atoms with E-state index in [0.29, 0.717) is 6.42 Å². The Morgan fingerprint density at radius 3 is 2.53 bits per heavy atom. The topological polar surface area (TPSA) is 167 Å². The standard InChI is InChI=1S/C35H43NO9/c1-33-14-12-24(37)17-23(33)8-9-25-26-13-15-35(44,34(26,2)18-27(38)32(25)33)28(39)20-45-31(43)11-10-29(40)36-19-22(16-30(41)42)21-6-4-3-5-7-21/h3-7,12,14,17,22,25-27,32,38,44H,8-11,13,15-16,18-20H2,1-2H3,(H,36,40)(H,41,42)/t22-,25-,26-,27+,32+,33-,34-,35+/m0/s1. The molecular weight excluding hydrogens is 578 g/mol. The lowest BCUT2D eigenvalue weighted by atomic mass is 9.46. The lowest BCUT2D eigenvalue weighted by molar-refractivity contribution is -0.181. The van der Waals surface area contributed by atoms with E-state index in [0.717, 1.165) is 24.0 Å². The molecule has 1 amide bonds. The van der Waals surface area contributed by atoms with Crippen LogP contribution in [0.25, 0.3) is 0 Å². The Morgan fingerprint density at radius 1 is 1.09 bits per heavy atom. The van der Waals surface area contributed by atoms with Crippen molar-refractivity contribution in [2.45, 2.75) is 82.8 Å². The van der Waals surface area contributed by atoms with Gasteiger partial charge in [0.25, 0.3) is 0 Å². The average Bonchev–Trinajstić information content (AvgIpc) is 3.27. The van der Waals surface area contributed by atoms with Gasteiger partial charge in [0.05, 0.1) is 18.9 Å². The number of carboxylic acids is 1. The number of hydrogen-bond donors (Lipinski definition) is 4. The highest BCUT2D eigenvalue weighted by Crippen LogP contribution is 2.67. The Morgan fingerprint density at radius 2 is 1.82 bits per heavy atom. The number of amides is 1. The maximum absolute atomic E-state index is 13.5. The van der Waals surface area contributed by atoms with Gasteiger partial charge in [-0.25, -0.2) is 0 Å². The van der Waals surface area contributed by atoms with Gasteiger partial charge in [-0.15, -0.1) is 0 Å². The van der Waals surface area contributed by atoms with Crippen LogP contribution in [0.1, 0.15) is 76.7 Å². The maximum Gasteiger partial charge on any atom is 0.306 e. The molecule has 0 saturated heterocycles. The number of aliphatic hydroxyl groups excluding tert-OH is 1. The molecule has 0 unspecified atom stereocenters. The molecule has 242 valence electrons. The fourth-order valence-electron chi connectivity index (χ4n) is 8.91. The third-order valence-corrected chi connectivity index (χ3v) is 11.3. The predicted octanol–water partition coefficient (Wildman–Crippen LogP) is 3.26. The van der Waals surface area contributed by atoms with E-state index in [4.69, 9.17) is 4.74 Å². The summed E-state index contributed by atoms with van der Waals surface area (Å²) in [5, 5.41) is 35.3. The normalized spacial score (nSPS) is 34.0. The van der Waals surface area contributed by atoms with Crippen molar-refractivity contribution in [2.75, 3.05) is 13.2 Å². The van der Waals surface area contributed by atoms with Gasteiger partial charge in [0.15, 0.2) is 12.4 Å². The molecule has 45 heavy (non-hydrogen) atoms. The summed E-state index contributed by atoms with van der Waals surface area (Å²) in [5.41, 5.74) is -1.33. The number of Topliss-reactive ketones (excluding diaryl/α,β-unsaturated/α-hetero) is 1. The molecule has 3 fully saturated rings. The van der Waals surface area contributed by atoms with Gasteiger partial charge in [-0.05, 0) is 61.7 Å². The van der Waals surface area contributed by atoms with Crippen LogP contribution in [0.15, 0.2) is 54.1 Å². The summed E-state index contributed by atoms with van der Waals surface area (Å²) in [6.07, 6.45) is 6.23. The van der Waals surface area contributed by atoms with Crippen molar-refractivity contribution in [3.05, 3.63) is 59.7 Å². The summed E-state index contributed by atoms with van der Waals surface area (Å²) in [4.78, 5) is 61.7. The number of allylic oxidation sites excluding steroid dienone is 4. The van der Waals surface area contributed by atoms with Crippen molar-refractivity contribution in [1.82, 2.24) is 5.32 Å². The Balaban J connectivity index is 1.14. The third-order valence-electron chi connectivity index (χ3n) is 11.3. The number of carbonyl (C=O) groups excluding carboxylic acids is 4. The zero-order chi connectivity index (χ0) is 32.6. The summed E-state index contributed by atoms with van der Waals surface area (Å²) >= 11 is 0. The first-order valence-corrected chi connectivity index (χ1v) is 15.9. The lowest BCUT2D eigenvalue weighted by Gasteiger charge is -2.59. The highest BCUT2D eigenvalue weighted by atomic mass is 16.5. The van der Waals surface area contributed by atoms with Crippen LogP contribution in [0.4, 0.5) is 0 Å². The number of carboxylic acid groups (broad SMARTS) is 1. The minimum absolute atomic E-state index is 0.0236. The second kappa shape index (κ2) is 12.6. The number of nitrogens with one attached hydrogen (secondary N) is 1. The van der Waals surface area contributed by atoms with Crippen molar-refractivity contribution in [3.8, 4) is 0 Å². The molecule has 4 N–H and O–H groups in total. The Hall–Kier alpha value is -3.63. The number of carbonyl (C=O) groups is 5. The van der Waals surface area contributed by atoms with Crippen molar-refractivity contribution >= 4 is 29.4 Å². The number of fused-ring (bicyclic) bond motifs is 5. The first kappa shape index (κ1) is 32.8. The van der Waals surface area contributed by atoms with E-state index >= 15 is 0 Å². The zero-order valence-corrected chi connectivity index (χ0v) is 25.9. The fraction of sp³-hybridized carbons (Fsp3) is 0.571. The molecule has 4 aliphatic rings. The van der Waals surface area contributed by atoms with Gasteiger partial charge in [-0.3, -0.25) is 24.0 Å². The first-order valence-electron chi connectivity index (χ1n) is 15.9. The monoisotopic (exact) mass is 621 g/mol. The van der Waals surface area contributed by atoms with E-state index in [2.05, 4.69) is 12.2 Å². The van der Waals surface area contributed by atoms with Crippen LogP contribution < -0.4 is 5.32 Å². The molecule has 10 nitrogen and oxygen atoms in total. The second-order valence-electron chi connectivity index (χ2n) is 13.7. The molecule has 0 aromatic heterocycles. The van der Waals surface area contributed by atoms with E-state index in [1.807, 2.05) is 19.1 Å². The van der Waals surface area contributed by atoms with Crippen LogP contribution >= 0.6 is 0 Å². The summed E-state index contributed by atoms with van der Waals surface area (Å²) in [6.45, 7) is 3.38. The van der Waals surface area contributed by atoms with Crippen LogP contribution in [0.3, 0.4) is 0 Å². The maximum atomic E-state index is 13.5. The van der Waals surface area contributed by atoms with Gasteiger partial charge >= 0.3 is 11.9 Å². The molecular formula is C35H43NO9. The largest absolute Gasteiger partial charge is 0.481 e. The number of benzene rings is 1. The number of esters is 1. The third kappa shape index (κ3) is 6.14. The van der Waals surface area contributed by atoms with Crippen molar-refractivity contribution in [1.29, 1.82) is 0 Å². The SMILES string of the molecule is C[C@]12C=CC(=O)C=C1CC[C@@H]1[C@@H]2[C@H](O)C[C@@]2(C)[C@H]1CC[C@@]2(O)C(=O)COC(=O)CCC(=O)NC[C@H](CC(=O)O)c1ccccc1. The minimum atomic E-state index is -1.77. The Bertz CT molecular complexity index is 1420. The number of hydrogen-bond acceptors (Lipinski definition) is 8. The minimum Gasteiger partial charge on any atom is -0.481 e. The molecule has 4 aliphatic carbocycles. The molecule has 1 aromatic carbocycles. The number of ether oxygens (including phenoxy) is 1. The summed E-state index contributed by atoms with van der Waals surface area (Å²) in [5.74, 6) is -3.37. The smallest absolute Gasteiger partial charge is 0.306 e. The van der Waals surface area contributed by atoms with Crippen LogP contribution in [0.5, 0.6) is 0 Å². The molecule has 1 aromatic rings. The molecule has 0 aliphatic heterocycles. The highest BCUT2D eigenvalue weighted by molar-refractivity contribution is 6.01. The van der Waals surface area contributed by atoms with Gasteiger partial charge in [0, 0.05) is 35.6 Å². The molecule has 10 heteroatoms. The van der Waals surface area contributed by atoms with Gasteiger partial charge < -0.3 is 25.4 Å². The second-order valence-corrected chi connectivity index (χ2v) is 13.7. The molecule has 0 spiro atoms. The van der Waals surface area contributed by atoms with E-state index in [9.17, 15) is 39.3 Å². The predicted molar refractivity (Wildman–Crippen MR) is 163 cm³/mol.